The molecule has 0 saturated carbocycles. The van der Waals surface area contributed by atoms with E-state index in [1.165, 1.54) is 17.0 Å². The number of nitrogens with two attached hydrogens (primary N) is 2. The lowest BCUT2D eigenvalue weighted by Crippen LogP contribution is -2.58. The van der Waals surface area contributed by atoms with E-state index in [2.05, 4.69) is 10.6 Å². The largest absolute Gasteiger partial charge is 0.508 e. The lowest BCUT2D eigenvalue weighted by Gasteiger charge is -2.29. The molecule has 1 aliphatic heterocycles. The number of aryl methyl sites for hydroxylation is 2. The van der Waals surface area contributed by atoms with Gasteiger partial charge in [-0.15, -0.1) is 0 Å². The molecular weight excluding hydrogens is 570 g/mol. The minimum atomic E-state index is -1.02. The summed E-state index contributed by atoms with van der Waals surface area (Å²) in [7, 11) is 0. The maximum atomic E-state index is 13.8. The second kappa shape index (κ2) is 15.3. The number of carbonyl (C=O) groups is 4. The van der Waals surface area contributed by atoms with Gasteiger partial charge in [0.1, 0.15) is 23.9 Å². The van der Waals surface area contributed by atoms with Crippen molar-refractivity contribution in [1.82, 2.24) is 15.5 Å². The lowest BCUT2D eigenvalue weighted by atomic mass is 9.93. The van der Waals surface area contributed by atoms with Gasteiger partial charge in [0, 0.05) is 19.4 Å². The van der Waals surface area contributed by atoms with Crippen molar-refractivity contribution in [2.75, 3.05) is 6.54 Å². The molecule has 238 valence electrons. The zero-order chi connectivity index (χ0) is 32.5. The number of aromatic hydroxyl groups is 1. The van der Waals surface area contributed by atoms with Crippen LogP contribution >= 0.6 is 0 Å². The van der Waals surface area contributed by atoms with Gasteiger partial charge < -0.3 is 32.1 Å². The molecule has 1 saturated heterocycles. The number of amides is 4. The standard InChI is InChI=1S/C35H43N5O5/c1-3-25-12-7-9-22(2)27(25)21-30(33(43)38-29(32(37)42)20-23-10-5-4-6-11-23)39-34(44)31-13-8-18-40(31)35(45)28(36)19-24-14-16-26(41)17-15-24/h4-7,9-12,14-17,28-31,41H,3,8,13,18-21,36H2,1-2H3,(H2,37,42)(H,38,43)(H,39,44)/t28-,29-,30-,31-/m0/s1. The Morgan fingerprint density at radius 2 is 1.58 bits per heavy atom. The van der Waals surface area contributed by atoms with Gasteiger partial charge in [-0.3, -0.25) is 19.2 Å². The Hall–Kier alpha value is -4.70. The number of phenolic OH excluding ortho intramolecular Hbond substituents is 1. The van der Waals surface area contributed by atoms with E-state index in [0.29, 0.717) is 19.4 Å². The van der Waals surface area contributed by atoms with E-state index in [1.54, 1.807) is 12.1 Å². The van der Waals surface area contributed by atoms with Crippen LogP contribution in [0.2, 0.25) is 0 Å². The maximum Gasteiger partial charge on any atom is 0.243 e. The number of hydrogen-bond acceptors (Lipinski definition) is 6. The van der Waals surface area contributed by atoms with Gasteiger partial charge in [0.25, 0.3) is 0 Å². The van der Waals surface area contributed by atoms with Crippen LogP contribution in [-0.2, 0) is 44.9 Å². The molecule has 10 nitrogen and oxygen atoms in total. The van der Waals surface area contributed by atoms with Crippen molar-refractivity contribution in [2.45, 2.75) is 76.5 Å². The van der Waals surface area contributed by atoms with Crippen LogP contribution in [0.4, 0.5) is 0 Å². The van der Waals surface area contributed by atoms with Crippen molar-refractivity contribution in [3.8, 4) is 5.75 Å². The fourth-order valence-corrected chi connectivity index (χ4v) is 5.90. The molecule has 0 spiro atoms. The first-order valence-electron chi connectivity index (χ1n) is 15.4. The summed E-state index contributed by atoms with van der Waals surface area (Å²) < 4.78 is 0. The van der Waals surface area contributed by atoms with Crippen LogP contribution in [0.25, 0.3) is 0 Å². The first-order chi connectivity index (χ1) is 21.6. The molecule has 0 aliphatic carbocycles. The highest BCUT2D eigenvalue weighted by molar-refractivity contribution is 5.95. The van der Waals surface area contributed by atoms with Crippen LogP contribution in [0.1, 0.15) is 47.6 Å². The van der Waals surface area contributed by atoms with Crippen LogP contribution in [0.3, 0.4) is 0 Å². The molecule has 45 heavy (non-hydrogen) atoms. The molecule has 4 atom stereocenters. The second-order valence-corrected chi connectivity index (χ2v) is 11.7. The van der Waals surface area contributed by atoms with Gasteiger partial charge in [-0.05, 0) is 72.6 Å². The van der Waals surface area contributed by atoms with Crippen molar-refractivity contribution in [1.29, 1.82) is 0 Å². The monoisotopic (exact) mass is 613 g/mol. The third kappa shape index (κ3) is 8.69. The van der Waals surface area contributed by atoms with Crippen LogP contribution < -0.4 is 22.1 Å². The lowest BCUT2D eigenvalue weighted by molar-refractivity contribution is -0.140. The highest BCUT2D eigenvalue weighted by atomic mass is 16.3. The fraction of sp³-hybridized carbons (Fsp3) is 0.371. The number of carbonyl (C=O) groups excluding carboxylic acids is 4. The number of nitrogens with one attached hydrogen (secondary N) is 2. The first kappa shape index (κ1) is 33.2. The molecule has 4 amide bonds. The molecular formula is C35H43N5O5. The maximum absolute atomic E-state index is 13.8. The third-order valence-corrected chi connectivity index (χ3v) is 8.42. The third-order valence-electron chi connectivity index (χ3n) is 8.42. The molecule has 1 fully saturated rings. The topological polar surface area (TPSA) is 168 Å². The first-order valence-corrected chi connectivity index (χ1v) is 15.4. The molecule has 4 rings (SSSR count). The van der Waals surface area contributed by atoms with Gasteiger partial charge in [-0.1, -0.05) is 67.6 Å². The summed E-state index contributed by atoms with van der Waals surface area (Å²) >= 11 is 0. The van der Waals surface area contributed by atoms with E-state index in [9.17, 15) is 24.3 Å². The zero-order valence-electron chi connectivity index (χ0n) is 25.9. The van der Waals surface area contributed by atoms with Crippen LogP contribution in [0, 0.1) is 6.92 Å². The van der Waals surface area contributed by atoms with Crippen LogP contribution in [-0.4, -0.2) is 64.3 Å². The molecule has 0 radical (unpaired) electrons. The van der Waals surface area contributed by atoms with Crippen LogP contribution in [0.5, 0.6) is 5.75 Å². The predicted molar refractivity (Wildman–Crippen MR) is 172 cm³/mol. The number of nitrogens with zero attached hydrogens (tertiary/aromatic N) is 1. The average Bonchev–Trinajstić information content (AvgIpc) is 3.52. The highest BCUT2D eigenvalue weighted by Crippen LogP contribution is 2.22. The highest BCUT2D eigenvalue weighted by Gasteiger charge is 2.38. The molecule has 7 N–H and O–H groups in total. The van der Waals surface area contributed by atoms with E-state index in [4.69, 9.17) is 11.5 Å². The van der Waals surface area contributed by atoms with Gasteiger partial charge in [-0.2, -0.15) is 0 Å². The van der Waals surface area contributed by atoms with Crippen molar-refractivity contribution >= 4 is 23.6 Å². The van der Waals surface area contributed by atoms with Crippen molar-refractivity contribution in [3.63, 3.8) is 0 Å². The molecule has 1 heterocycles. The van der Waals surface area contributed by atoms with Gasteiger partial charge >= 0.3 is 0 Å². The quantitative estimate of drug-likeness (QED) is 0.198. The SMILES string of the molecule is CCc1cccc(C)c1C[C@H](NC(=O)[C@@H]1CCCN1C(=O)[C@@H](N)Cc1ccc(O)cc1)C(=O)N[C@@H](Cc1ccccc1)C(N)=O. The Bertz CT molecular complexity index is 1490. The molecule has 0 unspecified atom stereocenters. The Morgan fingerprint density at radius 1 is 0.889 bits per heavy atom. The van der Waals surface area contributed by atoms with Crippen molar-refractivity contribution in [2.24, 2.45) is 11.5 Å². The predicted octanol–water partition coefficient (Wildman–Crippen LogP) is 2.06. The summed E-state index contributed by atoms with van der Waals surface area (Å²) in [5.41, 5.74) is 16.6. The van der Waals surface area contributed by atoms with Crippen molar-refractivity contribution in [3.05, 3.63) is 101 Å². The Balaban J connectivity index is 1.53. The number of likely N-dealkylation sites (tertiary alicyclic amines) is 1. The molecule has 3 aromatic rings. The van der Waals surface area contributed by atoms with E-state index >= 15 is 0 Å². The zero-order valence-corrected chi connectivity index (χ0v) is 25.9. The van der Waals surface area contributed by atoms with E-state index in [-0.39, 0.29) is 30.9 Å². The number of benzene rings is 3. The number of hydrogen-bond donors (Lipinski definition) is 5. The van der Waals surface area contributed by atoms with Gasteiger partial charge in [-0.25, -0.2) is 0 Å². The minimum Gasteiger partial charge on any atom is -0.508 e. The number of phenols is 1. The minimum absolute atomic E-state index is 0.118. The smallest absolute Gasteiger partial charge is 0.243 e. The normalized spacial score (nSPS) is 16.4. The summed E-state index contributed by atoms with van der Waals surface area (Å²) in [6.45, 7) is 4.35. The summed E-state index contributed by atoms with van der Waals surface area (Å²) in [5.74, 6) is -1.91. The molecule has 3 aromatic carbocycles. The van der Waals surface area contributed by atoms with Gasteiger partial charge in [0.2, 0.25) is 23.6 Å². The summed E-state index contributed by atoms with van der Waals surface area (Å²) in [4.78, 5) is 54.9. The Kier molecular flexibility index (Phi) is 11.3. The molecule has 10 heteroatoms. The van der Waals surface area contributed by atoms with E-state index in [1.807, 2.05) is 62.4 Å². The van der Waals surface area contributed by atoms with Crippen LogP contribution in [0.15, 0.2) is 72.8 Å². The second-order valence-electron chi connectivity index (χ2n) is 11.7. The molecule has 0 bridgehead atoms. The Labute approximate surface area is 264 Å². The fourth-order valence-electron chi connectivity index (χ4n) is 5.90. The van der Waals surface area contributed by atoms with E-state index < -0.39 is 41.9 Å². The van der Waals surface area contributed by atoms with Crippen molar-refractivity contribution < 1.29 is 24.3 Å². The summed E-state index contributed by atoms with van der Waals surface area (Å²) in [6.07, 6.45) is 2.44. The van der Waals surface area contributed by atoms with Gasteiger partial charge in [0.15, 0.2) is 0 Å². The summed E-state index contributed by atoms with van der Waals surface area (Å²) in [5, 5.41) is 15.2. The summed E-state index contributed by atoms with van der Waals surface area (Å²) in [6, 6.07) is 17.9. The number of rotatable bonds is 13. The Morgan fingerprint density at radius 3 is 2.24 bits per heavy atom. The van der Waals surface area contributed by atoms with E-state index in [0.717, 1.165) is 34.2 Å². The average molecular weight is 614 g/mol. The molecule has 0 aromatic heterocycles. The van der Waals surface area contributed by atoms with Gasteiger partial charge in [0.05, 0.1) is 6.04 Å². The molecule has 1 aliphatic rings. The number of primary amides is 1.